The standard InChI is InChI=1S/C15H22N4O/c1-20-14-18-12(17-13(16)19-14)8-15-5-9-2-10(6-15)4-11(3-9)7-15/h9-11H,2-8H2,1H3,(H2,16,17,18,19). The summed E-state index contributed by atoms with van der Waals surface area (Å²) in [6, 6.07) is 0.345. The van der Waals surface area contributed by atoms with E-state index in [0.29, 0.717) is 11.4 Å². The number of nitrogens with two attached hydrogens (primary N) is 1. The number of nitrogen functional groups attached to an aromatic ring is 1. The highest BCUT2D eigenvalue weighted by Gasteiger charge is 2.51. The minimum absolute atomic E-state index is 0.275. The summed E-state index contributed by atoms with van der Waals surface area (Å²) in [5.74, 6) is 3.93. The lowest BCUT2D eigenvalue weighted by molar-refractivity contribution is -0.0532. The molecular formula is C15H22N4O. The van der Waals surface area contributed by atoms with Crippen LogP contribution in [0.3, 0.4) is 0 Å². The predicted molar refractivity (Wildman–Crippen MR) is 75.1 cm³/mol. The van der Waals surface area contributed by atoms with Crippen molar-refractivity contribution in [3.63, 3.8) is 0 Å². The van der Waals surface area contributed by atoms with E-state index in [-0.39, 0.29) is 5.95 Å². The lowest BCUT2D eigenvalue weighted by Gasteiger charge is -2.56. The zero-order valence-electron chi connectivity index (χ0n) is 12.0. The van der Waals surface area contributed by atoms with Crippen molar-refractivity contribution in [3.8, 4) is 6.01 Å². The Balaban J connectivity index is 1.61. The molecular weight excluding hydrogens is 252 g/mol. The van der Waals surface area contributed by atoms with Crippen LogP contribution >= 0.6 is 0 Å². The van der Waals surface area contributed by atoms with E-state index in [9.17, 15) is 0 Å². The summed E-state index contributed by atoms with van der Waals surface area (Å²) in [5, 5.41) is 0. The van der Waals surface area contributed by atoms with Crippen LogP contribution in [0.25, 0.3) is 0 Å². The Labute approximate surface area is 119 Å². The van der Waals surface area contributed by atoms with Gasteiger partial charge in [0.25, 0.3) is 0 Å². The second-order valence-corrected chi connectivity index (χ2v) is 7.19. The molecule has 0 aliphatic heterocycles. The number of hydrogen-bond acceptors (Lipinski definition) is 5. The van der Waals surface area contributed by atoms with Crippen LogP contribution in [-0.2, 0) is 6.42 Å². The number of nitrogens with zero attached hydrogens (tertiary/aromatic N) is 3. The third kappa shape index (κ3) is 2.03. The summed E-state index contributed by atoms with van der Waals surface area (Å²) in [6.45, 7) is 0. The molecule has 1 aromatic rings. The smallest absolute Gasteiger partial charge is 0.321 e. The monoisotopic (exact) mass is 274 g/mol. The van der Waals surface area contributed by atoms with E-state index in [2.05, 4.69) is 15.0 Å². The normalized spacial score (nSPS) is 38.1. The Morgan fingerprint density at radius 1 is 1.05 bits per heavy atom. The molecule has 4 fully saturated rings. The molecule has 108 valence electrons. The summed E-state index contributed by atoms with van der Waals surface area (Å²) < 4.78 is 5.11. The minimum atomic E-state index is 0.275. The van der Waals surface area contributed by atoms with Crippen LogP contribution in [0.5, 0.6) is 6.01 Å². The summed E-state index contributed by atoms with van der Waals surface area (Å²) in [4.78, 5) is 12.7. The van der Waals surface area contributed by atoms with Crippen LogP contribution in [0.1, 0.15) is 44.3 Å². The van der Waals surface area contributed by atoms with Crippen LogP contribution in [0.2, 0.25) is 0 Å². The zero-order chi connectivity index (χ0) is 13.7. The molecule has 1 aromatic heterocycles. The Hall–Kier alpha value is -1.39. The largest absolute Gasteiger partial charge is 0.467 e. The molecule has 0 atom stereocenters. The van der Waals surface area contributed by atoms with Gasteiger partial charge in [0.15, 0.2) is 0 Å². The van der Waals surface area contributed by atoms with Gasteiger partial charge in [0.05, 0.1) is 7.11 Å². The molecule has 4 aliphatic rings. The molecule has 0 radical (unpaired) electrons. The highest BCUT2D eigenvalue weighted by molar-refractivity contribution is 5.19. The van der Waals surface area contributed by atoms with Crippen LogP contribution in [0, 0.1) is 23.2 Å². The fourth-order valence-corrected chi connectivity index (χ4v) is 5.43. The summed E-state index contributed by atoms with van der Waals surface area (Å²) in [7, 11) is 1.57. The first-order chi connectivity index (χ1) is 9.64. The van der Waals surface area contributed by atoms with Gasteiger partial charge in [0.1, 0.15) is 5.82 Å². The molecule has 5 rings (SSSR count). The van der Waals surface area contributed by atoms with E-state index in [1.165, 1.54) is 38.5 Å². The summed E-state index contributed by atoms with van der Waals surface area (Å²) in [6.07, 6.45) is 9.39. The predicted octanol–water partition coefficient (Wildman–Crippen LogP) is 2.22. The lowest BCUT2D eigenvalue weighted by Crippen LogP contribution is -2.47. The molecule has 0 unspecified atom stereocenters. The van der Waals surface area contributed by atoms with Crippen molar-refractivity contribution < 1.29 is 4.74 Å². The first-order valence-corrected chi connectivity index (χ1v) is 7.68. The van der Waals surface area contributed by atoms with Gasteiger partial charge in [-0.1, -0.05) is 0 Å². The van der Waals surface area contributed by atoms with Crippen molar-refractivity contribution in [2.45, 2.75) is 44.9 Å². The molecule has 1 heterocycles. The number of hydrogen-bond donors (Lipinski definition) is 1. The van der Waals surface area contributed by atoms with Gasteiger partial charge in [0, 0.05) is 6.42 Å². The maximum atomic E-state index is 5.76. The van der Waals surface area contributed by atoms with Gasteiger partial charge in [0.2, 0.25) is 5.95 Å². The second-order valence-electron chi connectivity index (χ2n) is 7.19. The quantitative estimate of drug-likeness (QED) is 0.914. The van der Waals surface area contributed by atoms with Crippen molar-refractivity contribution in [1.29, 1.82) is 0 Å². The minimum Gasteiger partial charge on any atom is -0.467 e. The third-order valence-electron chi connectivity index (χ3n) is 5.56. The van der Waals surface area contributed by atoms with E-state index in [4.69, 9.17) is 10.5 Å². The molecule has 0 amide bonds. The average molecular weight is 274 g/mol. The Morgan fingerprint density at radius 3 is 2.20 bits per heavy atom. The highest BCUT2D eigenvalue weighted by Crippen LogP contribution is 2.60. The van der Waals surface area contributed by atoms with Crippen molar-refractivity contribution in [2.75, 3.05) is 12.8 Å². The van der Waals surface area contributed by atoms with Crippen LogP contribution in [-0.4, -0.2) is 22.1 Å². The molecule has 5 heteroatoms. The Kier molecular flexibility index (Phi) is 2.66. The molecule has 20 heavy (non-hydrogen) atoms. The molecule has 0 spiro atoms. The topological polar surface area (TPSA) is 73.9 Å². The maximum absolute atomic E-state index is 5.76. The van der Waals surface area contributed by atoms with Crippen molar-refractivity contribution in [1.82, 2.24) is 15.0 Å². The number of rotatable bonds is 3. The van der Waals surface area contributed by atoms with Gasteiger partial charge in [-0.3, -0.25) is 0 Å². The van der Waals surface area contributed by atoms with Gasteiger partial charge < -0.3 is 10.5 Å². The van der Waals surface area contributed by atoms with Gasteiger partial charge >= 0.3 is 6.01 Å². The van der Waals surface area contributed by atoms with Crippen molar-refractivity contribution in [3.05, 3.63) is 5.82 Å². The van der Waals surface area contributed by atoms with Crippen molar-refractivity contribution in [2.24, 2.45) is 23.2 Å². The lowest BCUT2D eigenvalue weighted by atomic mass is 9.49. The molecule has 4 bridgehead atoms. The number of methoxy groups -OCH3 is 1. The fourth-order valence-electron chi connectivity index (χ4n) is 5.43. The van der Waals surface area contributed by atoms with Crippen LogP contribution in [0.4, 0.5) is 5.95 Å². The van der Waals surface area contributed by atoms with Crippen LogP contribution in [0.15, 0.2) is 0 Å². The van der Waals surface area contributed by atoms with E-state index in [1.54, 1.807) is 7.11 Å². The summed E-state index contributed by atoms with van der Waals surface area (Å²) in [5.41, 5.74) is 6.18. The molecule has 5 nitrogen and oxygen atoms in total. The van der Waals surface area contributed by atoms with Gasteiger partial charge in [-0.2, -0.15) is 15.0 Å². The fraction of sp³-hybridized carbons (Fsp3) is 0.800. The molecule has 0 saturated heterocycles. The molecule has 0 aromatic carbocycles. The van der Waals surface area contributed by atoms with Gasteiger partial charge in [-0.25, -0.2) is 0 Å². The first-order valence-electron chi connectivity index (χ1n) is 7.68. The Morgan fingerprint density at radius 2 is 1.65 bits per heavy atom. The average Bonchev–Trinajstić information content (AvgIpc) is 2.35. The highest BCUT2D eigenvalue weighted by atomic mass is 16.5. The number of anilines is 1. The van der Waals surface area contributed by atoms with Crippen LogP contribution < -0.4 is 10.5 Å². The molecule has 4 saturated carbocycles. The zero-order valence-corrected chi connectivity index (χ0v) is 12.0. The van der Waals surface area contributed by atoms with Gasteiger partial charge in [-0.05, 0) is 61.7 Å². The first kappa shape index (κ1) is 12.4. The van der Waals surface area contributed by atoms with E-state index < -0.39 is 0 Å². The van der Waals surface area contributed by atoms with E-state index in [1.807, 2.05) is 0 Å². The third-order valence-corrected chi connectivity index (χ3v) is 5.56. The number of aromatic nitrogens is 3. The Bertz CT molecular complexity index is 495. The van der Waals surface area contributed by atoms with E-state index >= 15 is 0 Å². The van der Waals surface area contributed by atoms with Gasteiger partial charge in [-0.15, -0.1) is 0 Å². The second kappa shape index (κ2) is 4.30. The molecule has 2 N–H and O–H groups in total. The maximum Gasteiger partial charge on any atom is 0.321 e. The SMILES string of the molecule is COc1nc(N)nc(CC23CC4CC(CC(C4)C2)C3)n1. The summed E-state index contributed by atoms with van der Waals surface area (Å²) >= 11 is 0. The van der Waals surface area contributed by atoms with E-state index in [0.717, 1.165) is 30.0 Å². The van der Waals surface area contributed by atoms with Crippen molar-refractivity contribution >= 4 is 5.95 Å². The molecule has 4 aliphatic carbocycles. The number of ether oxygens (including phenoxy) is 1.